The highest BCUT2D eigenvalue weighted by molar-refractivity contribution is 5.75. The first kappa shape index (κ1) is 14.6. The summed E-state index contributed by atoms with van der Waals surface area (Å²) >= 11 is 0. The van der Waals surface area contributed by atoms with E-state index in [1.165, 1.54) is 30.6 Å². The molecule has 2 aromatic rings. The molecule has 0 spiro atoms. The van der Waals surface area contributed by atoms with Crippen molar-refractivity contribution in [2.75, 3.05) is 6.54 Å². The fourth-order valence-electron chi connectivity index (χ4n) is 3.46. The van der Waals surface area contributed by atoms with Crippen LogP contribution in [0.3, 0.4) is 0 Å². The quantitative estimate of drug-likeness (QED) is 0.839. The van der Waals surface area contributed by atoms with Crippen LogP contribution in [0, 0.1) is 5.92 Å². The summed E-state index contributed by atoms with van der Waals surface area (Å²) in [5, 5.41) is 3.69. The minimum Gasteiger partial charge on any atom is -0.328 e. The maximum absolute atomic E-state index is 4.92. The molecule has 0 saturated heterocycles. The lowest BCUT2D eigenvalue weighted by atomic mass is 9.78. The molecule has 0 amide bonds. The normalized spacial score (nSPS) is 17.0. The monoisotopic (exact) mass is 285 g/mol. The molecule has 1 aliphatic carbocycles. The first-order valence-corrected chi connectivity index (χ1v) is 8.51. The van der Waals surface area contributed by atoms with E-state index in [1.54, 1.807) is 0 Å². The fourth-order valence-corrected chi connectivity index (χ4v) is 3.46. The number of imidazole rings is 1. The molecule has 114 valence electrons. The van der Waals surface area contributed by atoms with E-state index in [0.717, 1.165) is 37.4 Å². The standard InChI is InChI=1S/C18H27N3/c1-3-12-21-17-11-6-5-10-15(17)20-18(21)13-16(19-4-2)14-8-7-9-14/h5-6,10-11,14,16,19H,3-4,7-9,12-13H2,1-2H3. The molecular weight excluding hydrogens is 258 g/mol. The van der Waals surface area contributed by atoms with Gasteiger partial charge in [0.2, 0.25) is 0 Å². The minimum absolute atomic E-state index is 0.594. The van der Waals surface area contributed by atoms with Gasteiger partial charge in [0, 0.05) is 19.0 Å². The van der Waals surface area contributed by atoms with Crippen LogP contribution in [0.1, 0.15) is 45.4 Å². The van der Waals surface area contributed by atoms with Crippen molar-refractivity contribution in [3.8, 4) is 0 Å². The molecule has 1 unspecified atom stereocenters. The van der Waals surface area contributed by atoms with Gasteiger partial charge >= 0.3 is 0 Å². The number of likely N-dealkylation sites (N-methyl/N-ethyl adjacent to an activating group) is 1. The average molecular weight is 285 g/mol. The number of fused-ring (bicyclic) bond motifs is 1. The van der Waals surface area contributed by atoms with Crippen molar-refractivity contribution in [1.29, 1.82) is 0 Å². The third kappa shape index (κ3) is 2.98. The van der Waals surface area contributed by atoms with Gasteiger partial charge < -0.3 is 9.88 Å². The molecule has 21 heavy (non-hydrogen) atoms. The van der Waals surface area contributed by atoms with E-state index in [1.807, 2.05) is 0 Å². The molecule has 0 aliphatic heterocycles. The van der Waals surface area contributed by atoms with Gasteiger partial charge in [-0.25, -0.2) is 4.98 Å². The summed E-state index contributed by atoms with van der Waals surface area (Å²) in [6, 6.07) is 9.14. The first-order chi connectivity index (χ1) is 10.3. The van der Waals surface area contributed by atoms with Crippen molar-refractivity contribution in [2.24, 2.45) is 5.92 Å². The third-order valence-corrected chi connectivity index (χ3v) is 4.77. The Labute approximate surface area is 127 Å². The van der Waals surface area contributed by atoms with Gasteiger partial charge in [-0.2, -0.15) is 0 Å². The largest absolute Gasteiger partial charge is 0.328 e. The van der Waals surface area contributed by atoms with Crippen molar-refractivity contribution < 1.29 is 0 Å². The van der Waals surface area contributed by atoms with Crippen molar-refractivity contribution in [2.45, 2.75) is 58.5 Å². The second kappa shape index (κ2) is 6.61. The molecule has 0 bridgehead atoms. The van der Waals surface area contributed by atoms with E-state index >= 15 is 0 Å². The van der Waals surface area contributed by atoms with E-state index in [4.69, 9.17) is 4.98 Å². The second-order valence-electron chi connectivity index (χ2n) is 6.23. The number of rotatable bonds is 7. The molecule has 1 saturated carbocycles. The van der Waals surface area contributed by atoms with Gasteiger partial charge in [-0.1, -0.05) is 32.4 Å². The summed E-state index contributed by atoms with van der Waals surface area (Å²) < 4.78 is 2.43. The Balaban J connectivity index is 1.88. The maximum Gasteiger partial charge on any atom is 0.111 e. The third-order valence-electron chi connectivity index (χ3n) is 4.77. The predicted octanol–water partition coefficient (Wildman–Crippen LogP) is 3.77. The van der Waals surface area contributed by atoms with Gasteiger partial charge in [0.1, 0.15) is 5.82 Å². The van der Waals surface area contributed by atoms with Gasteiger partial charge in [0.25, 0.3) is 0 Å². The van der Waals surface area contributed by atoms with Crippen LogP contribution in [0.25, 0.3) is 11.0 Å². The molecule has 3 nitrogen and oxygen atoms in total. The zero-order valence-electron chi connectivity index (χ0n) is 13.3. The first-order valence-electron chi connectivity index (χ1n) is 8.51. The van der Waals surface area contributed by atoms with Gasteiger partial charge in [-0.05, 0) is 43.9 Å². The van der Waals surface area contributed by atoms with Crippen LogP contribution in [0.5, 0.6) is 0 Å². The lowest BCUT2D eigenvalue weighted by Crippen LogP contribution is -2.41. The molecule has 3 rings (SSSR count). The Kier molecular flexibility index (Phi) is 4.59. The Morgan fingerprint density at radius 2 is 2.10 bits per heavy atom. The number of hydrogen-bond acceptors (Lipinski definition) is 2. The smallest absolute Gasteiger partial charge is 0.111 e. The molecular formula is C18H27N3. The van der Waals surface area contributed by atoms with Crippen LogP contribution in [0.4, 0.5) is 0 Å². The zero-order valence-corrected chi connectivity index (χ0v) is 13.3. The van der Waals surface area contributed by atoms with Gasteiger partial charge in [-0.3, -0.25) is 0 Å². The van der Waals surface area contributed by atoms with Gasteiger partial charge in [0.05, 0.1) is 11.0 Å². The highest BCUT2D eigenvalue weighted by Gasteiger charge is 2.28. The summed E-state index contributed by atoms with van der Waals surface area (Å²) in [6.45, 7) is 6.57. The van der Waals surface area contributed by atoms with Crippen molar-refractivity contribution in [1.82, 2.24) is 14.9 Å². The van der Waals surface area contributed by atoms with E-state index in [9.17, 15) is 0 Å². The van der Waals surface area contributed by atoms with Crippen LogP contribution in [0.15, 0.2) is 24.3 Å². The van der Waals surface area contributed by atoms with Crippen molar-refractivity contribution in [3.63, 3.8) is 0 Å². The van der Waals surface area contributed by atoms with Gasteiger partial charge in [0.15, 0.2) is 0 Å². The highest BCUT2D eigenvalue weighted by Crippen LogP contribution is 2.31. The Bertz CT molecular complexity index is 583. The molecule has 3 heteroatoms. The molecule has 1 aliphatic rings. The van der Waals surface area contributed by atoms with Crippen molar-refractivity contribution >= 4 is 11.0 Å². The van der Waals surface area contributed by atoms with Crippen LogP contribution >= 0.6 is 0 Å². The summed E-state index contributed by atoms with van der Waals surface area (Å²) in [4.78, 5) is 4.92. The Hall–Kier alpha value is -1.35. The zero-order chi connectivity index (χ0) is 14.7. The van der Waals surface area contributed by atoms with Crippen LogP contribution in [-0.4, -0.2) is 22.1 Å². The lowest BCUT2D eigenvalue weighted by molar-refractivity contribution is 0.226. The van der Waals surface area contributed by atoms with Crippen LogP contribution in [0.2, 0.25) is 0 Å². The topological polar surface area (TPSA) is 29.9 Å². The van der Waals surface area contributed by atoms with Gasteiger partial charge in [-0.15, -0.1) is 0 Å². The molecule has 1 fully saturated rings. The number of hydrogen-bond donors (Lipinski definition) is 1. The second-order valence-corrected chi connectivity index (χ2v) is 6.23. The molecule has 1 N–H and O–H groups in total. The molecule has 1 aromatic carbocycles. The van der Waals surface area contributed by atoms with E-state index in [0.29, 0.717) is 6.04 Å². The average Bonchev–Trinajstić information content (AvgIpc) is 2.76. The number of nitrogens with one attached hydrogen (secondary N) is 1. The molecule has 1 aromatic heterocycles. The van der Waals surface area contributed by atoms with Crippen LogP contribution in [-0.2, 0) is 13.0 Å². The SMILES string of the molecule is CCCn1c(CC(NCC)C2CCC2)nc2ccccc21. The highest BCUT2D eigenvalue weighted by atomic mass is 15.1. The summed E-state index contributed by atoms with van der Waals surface area (Å²) in [5.74, 6) is 2.11. The summed E-state index contributed by atoms with van der Waals surface area (Å²) in [6.07, 6.45) is 6.38. The molecule has 1 heterocycles. The number of benzene rings is 1. The van der Waals surface area contributed by atoms with E-state index < -0.39 is 0 Å². The number of aromatic nitrogens is 2. The lowest BCUT2D eigenvalue weighted by Gasteiger charge is -2.34. The fraction of sp³-hybridized carbons (Fsp3) is 0.611. The predicted molar refractivity (Wildman–Crippen MR) is 88.5 cm³/mol. The summed E-state index contributed by atoms with van der Waals surface area (Å²) in [7, 11) is 0. The number of aryl methyl sites for hydroxylation is 1. The number of para-hydroxylation sites is 2. The Morgan fingerprint density at radius 3 is 2.76 bits per heavy atom. The van der Waals surface area contributed by atoms with E-state index in [2.05, 4.69) is 48.0 Å². The molecule has 0 radical (unpaired) electrons. The Morgan fingerprint density at radius 1 is 1.29 bits per heavy atom. The maximum atomic E-state index is 4.92. The summed E-state index contributed by atoms with van der Waals surface area (Å²) in [5.41, 5.74) is 2.43. The van der Waals surface area contributed by atoms with Crippen LogP contribution < -0.4 is 5.32 Å². The number of nitrogens with zero attached hydrogens (tertiary/aromatic N) is 2. The minimum atomic E-state index is 0.594. The molecule has 1 atom stereocenters. The van der Waals surface area contributed by atoms with Crippen molar-refractivity contribution in [3.05, 3.63) is 30.1 Å². The van der Waals surface area contributed by atoms with E-state index in [-0.39, 0.29) is 0 Å².